The fraction of sp³-hybridized carbons (Fsp3) is 0.412. The number of rotatable bonds is 4. The summed E-state index contributed by atoms with van der Waals surface area (Å²) >= 11 is 0. The molecule has 1 fully saturated rings. The first kappa shape index (κ1) is 13.9. The summed E-state index contributed by atoms with van der Waals surface area (Å²) in [5, 5.41) is 9.94. The van der Waals surface area contributed by atoms with E-state index in [2.05, 4.69) is 0 Å². The predicted octanol–water partition coefficient (Wildman–Crippen LogP) is 3.22. The number of Topliss-reactive ketones (excluding diaryl/α,β-unsaturated/α-hetero) is 2. The highest BCUT2D eigenvalue weighted by Crippen LogP contribution is 2.29. The normalized spacial score (nSPS) is 22.3. The number of ether oxygens (including phenoxy) is 1. The summed E-state index contributed by atoms with van der Waals surface area (Å²) in [6.45, 7) is 1.89. The maximum Gasteiger partial charge on any atom is 0.200 e. The van der Waals surface area contributed by atoms with E-state index in [-0.39, 0.29) is 23.0 Å². The maximum atomic E-state index is 12.4. The van der Waals surface area contributed by atoms with Crippen LogP contribution >= 0.6 is 0 Å². The zero-order valence-corrected chi connectivity index (χ0v) is 12.0. The third-order valence-corrected chi connectivity index (χ3v) is 3.81. The first-order valence-electron chi connectivity index (χ1n) is 7.31. The van der Waals surface area contributed by atoms with E-state index in [0.29, 0.717) is 24.5 Å². The highest BCUT2D eigenvalue weighted by molar-refractivity contribution is 6.26. The Morgan fingerprint density at radius 3 is 2.43 bits per heavy atom. The summed E-state index contributed by atoms with van der Waals surface area (Å²) in [7, 11) is 0. The quantitative estimate of drug-likeness (QED) is 0.682. The topological polar surface area (TPSA) is 63.6 Å². The highest BCUT2D eigenvalue weighted by atomic mass is 16.5. The molecule has 0 saturated heterocycles. The Bertz CT molecular complexity index is 608. The van der Waals surface area contributed by atoms with Crippen LogP contribution in [-0.2, 0) is 4.79 Å². The van der Waals surface area contributed by atoms with E-state index in [1.54, 1.807) is 24.3 Å². The maximum absolute atomic E-state index is 12.4. The number of allylic oxidation sites excluding steroid dienone is 2. The molecule has 0 amide bonds. The van der Waals surface area contributed by atoms with E-state index in [9.17, 15) is 14.7 Å². The van der Waals surface area contributed by atoms with Crippen LogP contribution in [0, 0.1) is 5.92 Å². The van der Waals surface area contributed by atoms with Crippen molar-refractivity contribution >= 4 is 11.6 Å². The monoisotopic (exact) mass is 286 g/mol. The van der Waals surface area contributed by atoms with Gasteiger partial charge in [0.2, 0.25) is 0 Å². The van der Waals surface area contributed by atoms with E-state index in [0.717, 1.165) is 18.6 Å². The minimum absolute atomic E-state index is 0.0519. The van der Waals surface area contributed by atoms with Crippen molar-refractivity contribution < 1.29 is 19.4 Å². The molecule has 0 heterocycles. The molecule has 0 aliphatic heterocycles. The second kappa shape index (κ2) is 5.35. The van der Waals surface area contributed by atoms with Gasteiger partial charge in [0.25, 0.3) is 0 Å². The highest BCUT2D eigenvalue weighted by Gasteiger charge is 2.30. The number of hydrogen-bond acceptors (Lipinski definition) is 4. The molecule has 1 N–H and O–H groups in total. The van der Waals surface area contributed by atoms with E-state index in [1.807, 2.05) is 6.92 Å². The van der Waals surface area contributed by atoms with Crippen LogP contribution in [0.25, 0.3) is 0 Å². The molecular weight excluding hydrogens is 268 g/mol. The molecule has 21 heavy (non-hydrogen) atoms. The molecule has 0 bridgehead atoms. The zero-order valence-electron chi connectivity index (χ0n) is 12.0. The van der Waals surface area contributed by atoms with Crippen LogP contribution in [-0.4, -0.2) is 22.8 Å². The first-order valence-corrected chi connectivity index (χ1v) is 7.31. The number of benzene rings is 1. The lowest BCUT2D eigenvalue weighted by Crippen LogP contribution is -2.23. The smallest absolute Gasteiger partial charge is 0.200 e. The van der Waals surface area contributed by atoms with Gasteiger partial charge in [0, 0.05) is 18.4 Å². The molecule has 1 saturated carbocycles. The van der Waals surface area contributed by atoms with Crippen LogP contribution in [0.4, 0.5) is 0 Å². The molecule has 110 valence electrons. The molecule has 1 aromatic carbocycles. The van der Waals surface area contributed by atoms with E-state index >= 15 is 0 Å². The number of carbonyl (C=O) groups excluding carboxylic acids is 2. The minimum Gasteiger partial charge on any atom is -0.511 e. The summed E-state index contributed by atoms with van der Waals surface area (Å²) in [5.74, 6) is 0.0678. The molecular formula is C17H18O4. The van der Waals surface area contributed by atoms with E-state index in [4.69, 9.17) is 4.74 Å². The molecule has 0 spiro atoms. The Kier molecular flexibility index (Phi) is 3.53. The van der Waals surface area contributed by atoms with Crippen molar-refractivity contribution in [2.75, 3.05) is 0 Å². The molecule has 3 rings (SSSR count). The predicted molar refractivity (Wildman–Crippen MR) is 77.5 cm³/mol. The van der Waals surface area contributed by atoms with Crippen LogP contribution in [0.15, 0.2) is 35.6 Å². The number of ketones is 2. The number of aliphatic hydroxyl groups excluding tert-OH is 1. The fourth-order valence-electron chi connectivity index (χ4n) is 2.55. The van der Waals surface area contributed by atoms with Gasteiger partial charge in [-0.1, -0.05) is 6.92 Å². The van der Waals surface area contributed by atoms with Crippen molar-refractivity contribution in [2.24, 2.45) is 5.92 Å². The Morgan fingerprint density at radius 2 is 1.86 bits per heavy atom. The van der Waals surface area contributed by atoms with Gasteiger partial charge in [-0.25, -0.2) is 0 Å². The van der Waals surface area contributed by atoms with Crippen molar-refractivity contribution in [3.63, 3.8) is 0 Å². The average Bonchev–Trinajstić information content (AvgIpc) is 3.22. The third kappa shape index (κ3) is 2.99. The third-order valence-electron chi connectivity index (χ3n) is 3.81. The van der Waals surface area contributed by atoms with Crippen LogP contribution in [0.5, 0.6) is 5.75 Å². The van der Waals surface area contributed by atoms with Gasteiger partial charge in [0.05, 0.1) is 6.10 Å². The summed E-state index contributed by atoms with van der Waals surface area (Å²) in [6, 6.07) is 6.76. The van der Waals surface area contributed by atoms with Crippen molar-refractivity contribution in [1.82, 2.24) is 0 Å². The second-order valence-corrected chi connectivity index (χ2v) is 5.93. The lowest BCUT2D eigenvalue weighted by atomic mass is 9.85. The van der Waals surface area contributed by atoms with Gasteiger partial charge in [-0.05, 0) is 43.0 Å². The Morgan fingerprint density at radius 1 is 1.19 bits per heavy atom. The molecule has 0 aromatic heterocycles. The largest absolute Gasteiger partial charge is 0.511 e. The number of hydrogen-bond donors (Lipinski definition) is 1. The lowest BCUT2D eigenvalue weighted by Gasteiger charge is -2.19. The van der Waals surface area contributed by atoms with Gasteiger partial charge >= 0.3 is 0 Å². The van der Waals surface area contributed by atoms with Crippen LogP contribution in [0.3, 0.4) is 0 Å². The molecule has 0 radical (unpaired) electrons. The molecule has 1 atom stereocenters. The second-order valence-electron chi connectivity index (χ2n) is 5.93. The molecule has 2 aliphatic rings. The van der Waals surface area contributed by atoms with Gasteiger partial charge in [-0.3, -0.25) is 9.59 Å². The molecule has 4 heteroatoms. The summed E-state index contributed by atoms with van der Waals surface area (Å²) in [4.78, 5) is 24.4. The van der Waals surface area contributed by atoms with Crippen molar-refractivity contribution in [2.45, 2.75) is 38.7 Å². The standard InChI is InChI=1S/C17H18O4/c1-10-8-14(18)16(15(19)9-10)17(20)11-2-4-12(5-3-11)21-13-6-7-13/h2-5,10,13,18H,6-9H2,1H3. The molecule has 4 nitrogen and oxygen atoms in total. The Balaban J connectivity index is 1.80. The zero-order chi connectivity index (χ0) is 15.0. The van der Waals surface area contributed by atoms with Crippen LogP contribution < -0.4 is 4.74 Å². The van der Waals surface area contributed by atoms with Crippen molar-refractivity contribution in [3.8, 4) is 5.75 Å². The van der Waals surface area contributed by atoms with Gasteiger partial charge in [0.15, 0.2) is 11.6 Å². The molecule has 2 aliphatic carbocycles. The van der Waals surface area contributed by atoms with Gasteiger partial charge in [-0.15, -0.1) is 0 Å². The summed E-state index contributed by atoms with van der Waals surface area (Å²) in [6.07, 6.45) is 3.16. The van der Waals surface area contributed by atoms with E-state index < -0.39 is 5.78 Å². The van der Waals surface area contributed by atoms with Gasteiger partial charge in [0.1, 0.15) is 17.1 Å². The van der Waals surface area contributed by atoms with Gasteiger partial charge < -0.3 is 9.84 Å². The van der Waals surface area contributed by atoms with Crippen LogP contribution in [0.1, 0.15) is 43.0 Å². The van der Waals surface area contributed by atoms with Crippen molar-refractivity contribution in [1.29, 1.82) is 0 Å². The number of carbonyl (C=O) groups is 2. The average molecular weight is 286 g/mol. The number of aliphatic hydroxyl groups is 1. The minimum atomic E-state index is -0.401. The van der Waals surface area contributed by atoms with Crippen LogP contribution in [0.2, 0.25) is 0 Å². The first-order chi connectivity index (χ1) is 10.0. The Hall–Kier alpha value is -2.10. The molecule has 1 aromatic rings. The summed E-state index contributed by atoms with van der Waals surface area (Å²) in [5.41, 5.74) is 0.353. The molecule has 1 unspecified atom stereocenters. The van der Waals surface area contributed by atoms with Crippen molar-refractivity contribution in [3.05, 3.63) is 41.2 Å². The van der Waals surface area contributed by atoms with E-state index in [1.165, 1.54) is 0 Å². The van der Waals surface area contributed by atoms with Gasteiger partial charge in [-0.2, -0.15) is 0 Å². The summed E-state index contributed by atoms with van der Waals surface area (Å²) < 4.78 is 5.62. The SMILES string of the molecule is CC1CC(=O)C(C(=O)c2ccc(OC3CC3)cc2)=C(O)C1. The lowest BCUT2D eigenvalue weighted by molar-refractivity contribution is -0.116. The Labute approximate surface area is 123 Å². The fourth-order valence-corrected chi connectivity index (χ4v) is 2.55.